The van der Waals surface area contributed by atoms with E-state index >= 15 is 0 Å². The Morgan fingerprint density at radius 2 is 2.05 bits per heavy atom. The van der Waals surface area contributed by atoms with Crippen LogP contribution < -0.4 is 10.1 Å². The number of nitrogens with one attached hydrogen (secondary N) is 2. The molecule has 0 bridgehead atoms. The second-order valence-electron chi connectivity index (χ2n) is 10.2. The molecule has 2 aliphatic heterocycles. The quantitative estimate of drug-likeness (QED) is 0.276. The van der Waals surface area contributed by atoms with Crippen molar-refractivity contribution in [2.75, 3.05) is 11.9 Å². The van der Waals surface area contributed by atoms with Crippen molar-refractivity contribution in [2.24, 2.45) is 0 Å². The summed E-state index contributed by atoms with van der Waals surface area (Å²) in [4.78, 5) is 34.4. The predicted octanol–water partition coefficient (Wildman–Crippen LogP) is 6.04. The summed E-state index contributed by atoms with van der Waals surface area (Å²) in [6, 6.07) is 17.3. The molecule has 3 amide bonds. The van der Waals surface area contributed by atoms with Crippen molar-refractivity contribution in [2.45, 2.75) is 51.2 Å². The molecule has 2 unspecified atom stereocenters. The number of hydrogen-bond acceptors (Lipinski definition) is 5. The fourth-order valence-corrected chi connectivity index (χ4v) is 6.06. The van der Waals surface area contributed by atoms with E-state index in [0.29, 0.717) is 30.5 Å². The zero-order valence-electron chi connectivity index (χ0n) is 21.6. The number of nitrogens with zero attached hydrogens (tertiary/aromatic N) is 4. The number of aromatic amines is 1. The largest absolute Gasteiger partial charge is 0.416 e. The molecule has 2 aliphatic rings. The number of H-pyrrole nitrogens is 1. The molecule has 2 N–H and O–H groups in total. The lowest BCUT2D eigenvalue weighted by Gasteiger charge is -2.44. The number of fused-ring (bicyclic) bond motifs is 2. The van der Waals surface area contributed by atoms with Gasteiger partial charge in [-0.2, -0.15) is 5.10 Å². The number of pyridine rings is 1. The van der Waals surface area contributed by atoms with E-state index < -0.39 is 6.09 Å². The number of halogens is 1. The lowest BCUT2D eigenvalue weighted by molar-refractivity contribution is 0.0713. The number of aromatic nitrogens is 3. The van der Waals surface area contributed by atoms with Gasteiger partial charge >= 0.3 is 12.1 Å². The summed E-state index contributed by atoms with van der Waals surface area (Å²) in [5.74, 6) is 0.253. The number of carbonyl (C=O) groups is 2. The molecule has 10 heteroatoms. The van der Waals surface area contributed by atoms with Gasteiger partial charge in [0.05, 0.1) is 11.7 Å². The highest BCUT2D eigenvalue weighted by molar-refractivity contribution is 9.10. The van der Waals surface area contributed by atoms with E-state index in [1.165, 1.54) is 5.56 Å². The van der Waals surface area contributed by atoms with Crippen LogP contribution in [-0.2, 0) is 13.0 Å². The number of amides is 3. The number of urea groups is 1. The number of benzene rings is 2. The van der Waals surface area contributed by atoms with Gasteiger partial charge in [0.2, 0.25) is 5.88 Å². The van der Waals surface area contributed by atoms with Gasteiger partial charge in [-0.05, 0) is 83.4 Å². The molecule has 0 spiro atoms. The summed E-state index contributed by atoms with van der Waals surface area (Å²) in [6.45, 7) is 3.12. The number of rotatable bonds is 5. The normalized spacial score (nSPS) is 19.1. The van der Waals surface area contributed by atoms with Crippen LogP contribution in [0.15, 0.2) is 65.4 Å². The molecule has 1 saturated heterocycles. The number of likely N-dealkylation sites (tertiary alicyclic amines) is 1. The molecule has 0 saturated carbocycles. The van der Waals surface area contributed by atoms with E-state index in [9.17, 15) is 9.59 Å². The third-order valence-electron chi connectivity index (χ3n) is 7.68. The zero-order chi connectivity index (χ0) is 26.9. The van der Waals surface area contributed by atoms with E-state index in [1.54, 1.807) is 23.1 Å². The monoisotopic (exact) mass is 588 g/mol. The Balaban J connectivity index is 1.22. The first-order valence-corrected chi connectivity index (χ1v) is 13.9. The van der Waals surface area contributed by atoms with Crippen LogP contribution in [0.25, 0.3) is 10.9 Å². The van der Waals surface area contributed by atoms with Gasteiger partial charge < -0.3 is 19.9 Å². The second-order valence-corrected chi connectivity index (χ2v) is 11.0. The van der Waals surface area contributed by atoms with E-state index in [0.717, 1.165) is 40.6 Å². The summed E-state index contributed by atoms with van der Waals surface area (Å²) < 4.78 is 6.27. The minimum absolute atomic E-state index is 0.00879. The van der Waals surface area contributed by atoms with Crippen molar-refractivity contribution in [1.82, 2.24) is 25.0 Å². The van der Waals surface area contributed by atoms with Crippen LogP contribution in [0.5, 0.6) is 5.88 Å². The Bertz CT molecular complexity index is 1540. The Morgan fingerprint density at radius 1 is 1.18 bits per heavy atom. The molecule has 2 aromatic heterocycles. The SMILES string of the molecule is Cc1cc(CCC2CC(N3Cc4ccccc4NC3=O)CCN2C(=O)Oc2cccc(Br)n2)cc2cn[nH]c12. The number of ether oxygens (including phenoxy) is 1. The molecule has 4 heterocycles. The summed E-state index contributed by atoms with van der Waals surface area (Å²) in [5.41, 5.74) is 5.33. The molecule has 9 nitrogen and oxygen atoms in total. The average molecular weight is 589 g/mol. The summed E-state index contributed by atoms with van der Waals surface area (Å²) >= 11 is 3.33. The molecule has 39 heavy (non-hydrogen) atoms. The number of hydrogen-bond donors (Lipinski definition) is 2. The van der Waals surface area contributed by atoms with Crippen LogP contribution in [0.1, 0.15) is 36.0 Å². The smallest absolute Gasteiger partial charge is 0.391 e. The molecule has 2 aromatic carbocycles. The number of para-hydroxylation sites is 1. The highest BCUT2D eigenvalue weighted by Gasteiger charge is 2.38. The third-order valence-corrected chi connectivity index (χ3v) is 8.12. The van der Waals surface area contributed by atoms with Crippen LogP contribution >= 0.6 is 15.9 Å². The van der Waals surface area contributed by atoms with Gasteiger partial charge in [-0.15, -0.1) is 0 Å². The van der Waals surface area contributed by atoms with E-state index in [4.69, 9.17) is 4.74 Å². The molecule has 200 valence electrons. The summed E-state index contributed by atoms with van der Waals surface area (Å²) in [5, 5.41) is 11.3. The fraction of sp³-hybridized carbons (Fsp3) is 0.310. The van der Waals surface area contributed by atoms with Crippen molar-refractivity contribution in [3.05, 3.63) is 82.1 Å². The maximum absolute atomic E-state index is 13.3. The predicted molar refractivity (Wildman–Crippen MR) is 152 cm³/mol. The first kappa shape index (κ1) is 25.4. The van der Waals surface area contributed by atoms with Crippen molar-refractivity contribution >= 4 is 44.6 Å². The average Bonchev–Trinajstić information content (AvgIpc) is 3.41. The van der Waals surface area contributed by atoms with Crippen molar-refractivity contribution in [3.63, 3.8) is 0 Å². The molecule has 1 fully saturated rings. The molecule has 0 radical (unpaired) electrons. The maximum atomic E-state index is 13.3. The van der Waals surface area contributed by atoms with Crippen LogP contribution in [0.2, 0.25) is 0 Å². The van der Waals surface area contributed by atoms with Gasteiger partial charge in [0.25, 0.3) is 0 Å². The number of piperidine rings is 1. The van der Waals surface area contributed by atoms with Gasteiger partial charge in [0, 0.05) is 42.3 Å². The molecule has 4 aromatic rings. The van der Waals surface area contributed by atoms with E-state index in [2.05, 4.69) is 55.5 Å². The molecular weight excluding hydrogens is 560 g/mol. The maximum Gasteiger partial charge on any atom is 0.416 e. The molecule has 2 atom stereocenters. The van der Waals surface area contributed by atoms with Crippen molar-refractivity contribution < 1.29 is 14.3 Å². The van der Waals surface area contributed by atoms with Crippen LogP contribution in [0, 0.1) is 6.92 Å². The highest BCUT2D eigenvalue weighted by atomic mass is 79.9. The van der Waals surface area contributed by atoms with Gasteiger partial charge in [-0.25, -0.2) is 14.6 Å². The van der Waals surface area contributed by atoms with Gasteiger partial charge in [-0.1, -0.05) is 30.3 Å². The zero-order valence-corrected chi connectivity index (χ0v) is 23.1. The number of anilines is 1. The Labute approximate surface area is 234 Å². The van der Waals surface area contributed by atoms with Crippen LogP contribution in [0.4, 0.5) is 15.3 Å². The van der Waals surface area contributed by atoms with E-state index in [-0.39, 0.29) is 24.0 Å². The highest BCUT2D eigenvalue weighted by Crippen LogP contribution is 2.32. The summed E-state index contributed by atoms with van der Waals surface area (Å²) in [7, 11) is 0. The molecule has 0 aliphatic carbocycles. The Kier molecular flexibility index (Phi) is 6.95. The Morgan fingerprint density at radius 3 is 2.92 bits per heavy atom. The number of aryl methyl sites for hydroxylation is 2. The van der Waals surface area contributed by atoms with Crippen LogP contribution in [0.3, 0.4) is 0 Å². The summed E-state index contributed by atoms with van der Waals surface area (Å²) in [6.07, 6.45) is 4.29. The third kappa shape index (κ3) is 5.34. The lowest BCUT2D eigenvalue weighted by Crippen LogP contribution is -2.55. The molecule has 6 rings (SSSR count). The van der Waals surface area contributed by atoms with Crippen molar-refractivity contribution in [1.29, 1.82) is 0 Å². The minimum Gasteiger partial charge on any atom is -0.391 e. The lowest BCUT2D eigenvalue weighted by atomic mass is 9.90. The van der Waals surface area contributed by atoms with Gasteiger partial charge in [-0.3, -0.25) is 5.10 Å². The topological polar surface area (TPSA) is 103 Å². The Hall–Kier alpha value is -3.92. The second kappa shape index (κ2) is 10.7. The van der Waals surface area contributed by atoms with Crippen molar-refractivity contribution in [3.8, 4) is 5.88 Å². The standard InChI is InChI=1S/C29H29BrN6O3/c1-18-13-19(14-21-16-31-34-27(18)21)9-10-22-15-23(36-17-20-5-2-3-6-24(20)32-28(36)37)11-12-35(22)29(38)39-26-8-4-7-25(30)33-26/h2-8,13-14,16,22-23H,9-12,15,17H2,1H3,(H,31,34)(H,32,37). The fourth-order valence-electron chi connectivity index (χ4n) is 5.73. The van der Waals surface area contributed by atoms with Gasteiger partial charge in [0.15, 0.2) is 0 Å². The number of carbonyl (C=O) groups excluding carboxylic acids is 2. The molecular formula is C29H29BrN6O3. The first-order chi connectivity index (χ1) is 18.9. The first-order valence-electron chi connectivity index (χ1n) is 13.1. The van der Waals surface area contributed by atoms with E-state index in [1.807, 2.05) is 35.4 Å². The minimum atomic E-state index is -0.418. The van der Waals surface area contributed by atoms with Crippen LogP contribution in [-0.4, -0.2) is 55.7 Å². The van der Waals surface area contributed by atoms with Gasteiger partial charge in [0.1, 0.15) is 4.60 Å².